The third kappa shape index (κ3) is 3.07. The number of hydrogen-bond acceptors (Lipinski definition) is 7. The van der Waals surface area contributed by atoms with Gasteiger partial charge in [0.05, 0.1) is 35.5 Å². The minimum Gasteiger partial charge on any atom is -0.496 e. The Morgan fingerprint density at radius 1 is 1.14 bits per heavy atom. The molecule has 4 aromatic heterocycles. The van der Waals surface area contributed by atoms with Crippen molar-refractivity contribution in [2.45, 2.75) is 58.9 Å². The number of ether oxygens (including phenoxy) is 1. The largest absolute Gasteiger partial charge is 0.496 e. The summed E-state index contributed by atoms with van der Waals surface area (Å²) < 4.78 is 13.5. The average molecular weight is 470 g/mol. The maximum atomic E-state index is 5.84. The number of H-pyrrole nitrogens is 1. The molecule has 2 aliphatic carbocycles. The van der Waals surface area contributed by atoms with Crippen LogP contribution < -0.4 is 10.1 Å². The molecule has 35 heavy (non-hydrogen) atoms. The van der Waals surface area contributed by atoms with E-state index < -0.39 is 0 Å². The first kappa shape index (κ1) is 20.5. The highest BCUT2D eigenvalue weighted by Gasteiger charge is 2.32. The highest BCUT2D eigenvalue weighted by molar-refractivity contribution is 6.13. The van der Waals surface area contributed by atoms with Gasteiger partial charge < -0.3 is 19.6 Å². The van der Waals surface area contributed by atoms with Crippen molar-refractivity contribution < 1.29 is 9.26 Å². The molecule has 1 aromatic carbocycles. The Morgan fingerprint density at radius 2 is 2.00 bits per heavy atom. The number of methoxy groups -OCH3 is 1. The summed E-state index contributed by atoms with van der Waals surface area (Å²) in [5.41, 5.74) is 7.03. The molecule has 5 aromatic rings. The van der Waals surface area contributed by atoms with Crippen molar-refractivity contribution in [2.75, 3.05) is 12.4 Å². The van der Waals surface area contributed by atoms with E-state index in [9.17, 15) is 0 Å². The van der Waals surface area contributed by atoms with Crippen LogP contribution in [0.25, 0.3) is 33.1 Å². The fourth-order valence-corrected chi connectivity index (χ4v) is 5.50. The van der Waals surface area contributed by atoms with Crippen LogP contribution >= 0.6 is 0 Å². The van der Waals surface area contributed by atoms with E-state index in [-0.39, 0.29) is 0 Å². The Hall–Kier alpha value is -3.88. The van der Waals surface area contributed by atoms with Crippen molar-refractivity contribution in [3.05, 3.63) is 40.7 Å². The van der Waals surface area contributed by atoms with Gasteiger partial charge in [-0.2, -0.15) is 5.10 Å². The summed E-state index contributed by atoms with van der Waals surface area (Å²) >= 11 is 0. The van der Waals surface area contributed by atoms with Gasteiger partial charge in [0.1, 0.15) is 34.6 Å². The monoisotopic (exact) mass is 469 g/mol. The van der Waals surface area contributed by atoms with Crippen molar-refractivity contribution in [2.24, 2.45) is 0 Å². The summed E-state index contributed by atoms with van der Waals surface area (Å²) in [7, 11) is 1.69. The van der Waals surface area contributed by atoms with Crippen LogP contribution in [0.2, 0.25) is 0 Å². The maximum Gasteiger partial charge on any atom is 0.145 e. The predicted octanol–water partition coefficient (Wildman–Crippen LogP) is 5.46. The molecule has 0 aliphatic heterocycles. The van der Waals surface area contributed by atoms with E-state index in [1.807, 2.05) is 20.8 Å². The number of benzene rings is 1. The second-order valence-electron chi connectivity index (χ2n) is 9.69. The lowest BCUT2D eigenvalue weighted by molar-refractivity contribution is 0.393. The summed E-state index contributed by atoms with van der Waals surface area (Å²) in [6, 6.07) is 4.64. The molecule has 178 valence electrons. The number of aryl methyl sites for hydroxylation is 4. The lowest BCUT2D eigenvalue weighted by atomic mass is 10.0. The Morgan fingerprint density at radius 3 is 2.74 bits per heavy atom. The van der Waals surface area contributed by atoms with Crippen LogP contribution in [-0.4, -0.2) is 37.0 Å². The van der Waals surface area contributed by atoms with E-state index in [1.165, 1.54) is 24.1 Å². The van der Waals surface area contributed by atoms with Gasteiger partial charge in [-0.15, -0.1) is 0 Å². The highest BCUT2D eigenvalue weighted by atomic mass is 16.5. The van der Waals surface area contributed by atoms with Crippen LogP contribution in [0.3, 0.4) is 0 Å². The van der Waals surface area contributed by atoms with Crippen LogP contribution in [0.1, 0.15) is 53.8 Å². The van der Waals surface area contributed by atoms with Gasteiger partial charge in [-0.05, 0) is 65.0 Å². The zero-order valence-corrected chi connectivity index (χ0v) is 20.3. The molecule has 0 bridgehead atoms. The Labute approximate surface area is 201 Å². The molecular formula is C26H27N7O2. The van der Waals surface area contributed by atoms with Gasteiger partial charge in [-0.25, -0.2) is 14.6 Å². The highest BCUT2D eigenvalue weighted by Crippen LogP contribution is 2.44. The molecule has 7 rings (SSSR count). The normalized spacial score (nSPS) is 15.3. The molecule has 4 heterocycles. The fourth-order valence-electron chi connectivity index (χ4n) is 5.50. The van der Waals surface area contributed by atoms with E-state index in [1.54, 1.807) is 7.11 Å². The molecule has 0 spiro atoms. The molecule has 0 atom stereocenters. The number of hydrogen-bond donors (Lipinski definition) is 2. The van der Waals surface area contributed by atoms with Crippen LogP contribution in [-0.2, 0) is 12.8 Å². The van der Waals surface area contributed by atoms with Crippen LogP contribution in [0.4, 0.5) is 11.6 Å². The summed E-state index contributed by atoms with van der Waals surface area (Å²) in [6.45, 7) is 5.79. The second-order valence-corrected chi connectivity index (χ2v) is 9.69. The molecule has 2 aliphatic rings. The van der Waals surface area contributed by atoms with Gasteiger partial charge in [-0.3, -0.25) is 0 Å². The number of aromatic amines is 1. The van der Waals surface area contributed by atoms with Gasteiger partial charge in [0.25, 0.3) is 0 Å². The van der Waals surface area contributed by atoms with Crippen LogP contribution in [0.5, 0.6) is 5.75 Å². The van der Waals surface area contributed by atoms with Gasteiger partial charge in [0, 0.05) is 22.0 Å². The number of nitrogens with zero attached hydrogens (tertiary/aromatic N) is 5. The summed E-state index contributed by atoms with van der Waals surface area (Å²) in [5.74, 6) is 4.11. The topological polar surface area (TPSA) is 107 Å². The van der Waals surface area contributed by atoms with Crippen LogP contribution in [0, 0.1) is 20.8 Å². The zero-order chi connectivity index (χ0) is 23.8. The number of aromatic nitrogens is 6. The Bertz CT molecular complexity index is 1620. The molecule has 0 saturated heterocycles. The molecule has 2 N–H and O–H groups in total. The lowest BCUT2D eigenvalue weighted by Crippen LogP contribution is -2.07. The smallest absolute Gasteiger partial charge is 0.145 e. The number of rotatable bonds is 5. The van der Waals surface area contributed by atoms with E-state index >= 15 is 0 Å². The van der Waals surface area contributed by atoms with Crippen molar-refractivity contribution in [3.63, 3.8) is 0 Å². The first-order valence-corrected chi connectivity index (χ1v) is 12.2. The molecule has 1 saturated carbocycles. The van der Waals surface area contributed by atoms with Crippen LogP contribution in [0.15, 0.2) is 16.7 Å². The third-order valence-electron chi connectivity index (χ3n) is 7.25. The minimum atomic E-state index is 0.488. The first-order valence-electron chi connectivity index (χ1n) is 12.2. The van der Waals surface area contributed by atoms with Crippen molar-refractivity contribution in [1.29, 1.82) is 0 Å². The minimum absolute atomic E-state index is 0.488. The van der Waals surface area contributed by atoms with Gasteiger partial charge in [0.2, 0.25) is 0 Å². The third-order valence-corrected chi connectivity index (χ3v) is 7.25. The lowest BCUT2D eigenvalue weighted by Gasteiger charge is -2.13. The van der Waals surface area contributed by atoms with E-state index in [0.29, 0.717) is 11.9 Å². The number of nitrogens with one attached hydrogen (secondary N) is 2. The maximum absolute atomic E-state index is 5.84. The Kier molecular flexibility index (Phi) is 4.28. The quantitative estimate of drug-likeness (QED) is 0.352. The zero-order valence-electron chi connectivity index (χ0n) is 20.3. The molecule has 0 amide bonds. The molecule has 9 heteroatoms. The van der Waals surface area contributed by atoms with Crippen molar-refractivity contribution in [3.8, 4) is 16.9 Å². The van der Waals surface area contributed by atoms with Gasteiger partial charge >= 0.3 is 0 Å². The Balaban J connectivity index is 1.44. The molecule has 9 nitrogen and oxygen atoms in total. The number of anilines is 2. The molecular weight excluding hydrogens is 442 g/mol. The predicted molar refractivity (Wildman–Crippen MR) is 133 cm³/mol. The van der Waals surface area contributed by atoms with E-state index in [0.717, 1.165) is 81.2 Å². The van der Waals surface area contributed by atoms with Crippen molar-refractivity contribution in [1.82, 2.24) is 29.9 Å². The number of fused-ring (bicyclic) bond motifs is 4. The summed E-state index contributed by atoms with van der Waals surface area (Å²) in [6.07, 6.45) is 5.63. The van der Waals surface area contributed by atoms with Gasteiger partial charge in [0.15, 0.2) is 0 Å². The summed E-state index contributed by atoms with van der Waals surface area (Å²) in [4.78, 5) is 13.1. The van der Waals surface area contributed by atoms with E-state index in [4.69, 9.17) is 24.3 Å². The molecule has 0 unspecified atom stereocenters. The standard InChI is InChI=1S/C26H27N7O2/c1-12-22(13(2)35-32-12)18-10-20-17(11-21(18)34-4)23-24(29-20)27-14(3)28-25(23)30-26-16-6-5-7-19(16)31-33(26)15-8-9-15/h10-11,15H,5-9H2,1-4H3,(H2,27,28,29,30). The van der Waals surface area contributed by atoms with Crippen molar-refractivity contribution >= 4 is 33.6 Å². The fraction of sp³-hybridized carbons (Fsp3) is 0.385. The average Bonchev–Trinajstić information content (AvgIpc) is 3.15. The SMILES string of the molecule is COc1cc2c(cc1-c1c(C)noc1C)[nH]c1nc(C)nc(Nc3c4c(nn3C3CC3)CCC4)c12. The van der Waals surface area contributed by atoms with E-state index in [2.05, 4.69) is 32.3 Å². The van der Waals surface area contributed by atoms with Gasteiger partial charge in [-0.1, -0.05) is 5.16 Å². The summed E-state index contributed by atoms with van der Waals surface area (Å²) in [5, 5.41) is 14.7. The first-order chi connectivity index (χ1) is 17.0. The second kappa shape index (κ2) is 7.31. The molecule has 0 radical (unpaired) electrons. The molecule has 1 fully saturated rings.